The molecule has 2 unspecified atom stereocenters. The smallest absolute Gasteiger partial charge is 0.0713 e. The summed E-state index contributed by atoms with van der Waals surface area (Å²) < 4.78 is 0. The van der Waals surface area contributed by atoms with Crippen molar-refractivity contribution in [1.82, 2.24) is 4.90 Å². The number of rotatable bonds is 3. The Morgan fingerprint density at radius 2 is 2.14 bits per heavy atom. The Kier molecular flexibility index (Phi) is 3.89. The van der Waals surface area contributed by atoms with Gasteiger partial charge in [0.2, 0.25) is 0 Å². The van der Waals surface area contributed by atoms with Gasteiger partial charge < -0.3 is 15.9 Å². The van der Waals surface area contributed by atoms with E-state index in [4.69, 9.17) is 10.8 Å². The number of aliphatic hydroxyl groups excluding tert-OH is 2. The van der Waals surface area contributed by atoms with E-state index in [1.54, 1.807) is 0 Å². The minimum atomic E-state index is -0.422. The average molecular weight is 202 g/mol. The lowest BCUT2D eigenvalue weighted by molar-refractivity contribution is -0.0254. The summed E-state index contributed by atoms with van der Waals surface area (Å²) in [5.41, 5.74) is 5.62. The van der Waals surface area contributed by atoms with Gasteiger partial charge in [0.25, 0.3) is 0 Å². The standard InChI is InChI=1S/C10H22N2O2/c1-10(2,11)9-8(14)4-3-5-12(9)6-7-13/h8-9,13-14H,3-7,11H2,1-2H3. The summed E-state index contributed by atoms with van der Waals surface area (Å²) in [5.74, 6) is 0. The maximum Gasteiger partial charge on any atom is 0.0713 e. The van der Waals surface area contributed by atoms with Gasteiger partial charge in [-0.15, -0.1) is 0 Å². The molecule has 1 aliphatic heterocycles. The molecule has 1 fully saturated rings. The number of piperidine rings is 1. The Morgan fingerprint density at radius 1 is 1.50 bits per heavy atom. The largest absolute Gasteiger partial charge is 0.395 e. The molecule has 1 heterocycles. The van der Waals surface area contributed by atoms with Gasteiger partial charge in [0, 0.05) is 12.1 Å². The lowest BCUT2D eigenvalue weighted by Gasteiger charge is -2.45. The van der Waals surface area contributed by atoms with E-state index in [-0.39, 0.29) is 18.8 Å². The molecule has 1 saturated heterocycles. The zero-order valence-electron chi connectivity index (χ0n) is 9.11. The lowest BCUT2D eigenvalue weighted by atomic mass is 9.85. The first-order chi connectivity index (χ1) is 6.46. The molecule has 4 heteroatoms. The lowest BCUT2D eigenvalue weighted by Crippen LogP contribution is -2.62. The van der Waals surface area contributed by atoms with Crippen LogP contribution in [0, 0.1) is 0 Å². The second-order valence-corrected chi connectivity index (χ2v) is 4.74. The predicted octanol–water partition coefficient (Wildman–Crippen LogP) is -0.459. The van der Waals surface area contributed by atoms with Crippen molar-refractivity contribution in [3.63, 3.8) is 0 Å². The SMILES string of the molecule is CC(C)(N)C1C(O)CCCN1CCO. The van der Waals surface area contributed by atoms with Crippen molar-refractivity contribution in [2.45, 2.75) is 44.4 Å². The van der Waals surface area contributed by atoms with Gasteiger partial charge in [-0.25, -0.2) is 0 Å². The summed E-state index contributed by atoms with van der Waals surface area (Å²) in [4.78, 5) is 2.09. The molecule has 0 amide bonds. The van der Waals surface area contributed by atoms with E-state index in [0.29, 0.717) is 6.54 Å². The van der Waals surface area contributed by atoms with Gasteiger partial charge in [-0.2, -0.15) is 0 Å². The summed E-state index contributed by atoms with van der Waals surface area (Å²) in [6.45, 7) is 5.50. The van der Waals surface area contributed by atoms with Crippen LogP contribution in [0.15, 0.2) is 0 Å². The number of likely N-dealkylation sites (tertiary alicyclic amines) is 1. The van der Waals surface area contributed by atoms with Gasteiger partial charge in [0.15, 0.2) is 0 Å². The summed E-state index contributed by atoms with van der Waals surface area (Å²) in [5, 5.41) is 18.8. The van der Waals surface area contributed by atoms with Crippen molar-refractivity contribution in [3.8, 4) is 0 Å². The number of hydrogen-bond acceptors (Lipinski definition) is 4. The number of β-amino-alcohol motifs (C(OH)–C–C–N with tert-alkyl or cyclic N) is 1. The summed E-state index contributed by atoms with van der Waals surface area (Å²) in [6, 6.07) is -0.0385. The van der Waals surface area contributed by atoms with E-state index in [1.807, 2.05) is 13.8 Å². The van der Waals surface area contributed by atoms with Gasteiger partial charge >= 0.3 is 0 Å². The summed E-state index contributed by atoms with van der Waals surface area (Å²) in [6.07, 6.45) is 1.43. The maximum absolute atomic E-state index is 9.90. The van der Waals surface area contributed by atoms with Crippen LogP contribution in [0.1, 0.15) is 26.7 Å². The first-order valence-electron chi connectivity index (χ1n) is 5.28. The van der Waals surface area contributed by atoms with E-state index < -0.39 is 5.54 Å². The van der Waals surface area contributed by atoms with E-state index in [2.05, 4.69) is 4.90 Å². The van der Waals surface area contributed by atoms with Crippen molar-refractivity contribution < 1.29 is 10.2 Å². The Hall–Kier alpha value is -0.160. The van der Waals surface area contributed by atoms with Crippen molar-refractivity contribution in [2.24, 2.45) is 5.73 Å². The zero-order chi connectivity index (χ0) is 10.8. The maximum atomic E-state index is 9.90. The van der Waals surface area contributed by atoms with Crippen molar-refractivity contribution in [1.29, 1.82) is 0 Å². The molecule has 0 aromatic carbocycles. The van der Waals surface area contributed by atoms with Crippen molar-refractivity contribution in [3.05, 3.63) is 0 Å². The van der Waals surface area contributed by atoms with Crippen molar-refractivity contribution in [2.75, 3.05) is 19.7 Å². The molecule has 0 aromatic heterocycles. The molecule has 4 nitrogen and oxygen atoms in total. The van der Waals surface area contributed by atoms with Gasteiger partial charge in [0.05, 0.1) is 18.8 Å². The van der Waals surface area contributed by atoms with Gasteiger partial charge in [-0.3, -0.25) is 4.90 Å². The monoisotopic (exact) mass is 202 g/mol. The van der Waals surface area contributed by atoms with Crippen molar-refractivity contribution >= 4 is 0 Å². The predicted molar refractivity (Wildman–Crippen MR) is 56.0 cm³/mol. The molecule has 0 radical (unpaired) electrons. The van der Waals surface area contributed by atoms with Crippen LogP contribution >= 0.6 is 0 Å². The molecule has 1 rings (SSSR count). The highest BCUT2D eigenvalue weighted by atomic mass is 16.3. The van der Waals surface area contributed by atoms with Crippen LogP contribution in [0.2, 0.25) is 0 Å². The minimum absolute atomic E-state index is 0.0385. The van der Waals surface area contributed by atoms with Crippen LogP contribution in [0.25, 0.3) is 0 Å². The molecule has 0 spiro atoms. The quantitative estimate of drug-likeness (QED) is 0.579. The van der Waals surface area contributed by atoms with E-state index in [0.717, 1.165) is 19.4 Å². The van der Waals surface area contributed by atoms with E-state index in [9.17, 15) is 5.11 Å². The average Bonchev–Trinajstić information content (AvgIpc) is 2.02. The molecular weight excluding hydrogens is 180 g/mol. The molecule has 4 N–H and O–H groups in total. The molecule has 0 bridgehead atoms. The molecule has 0 aromatic rings. The minimum Gasteiger partial charge on any atom is -0.395 e. The first kappa shape index (κ1) is 11.9. The third-order valence-corrected chi connectivity index (χ3v) is 2.85. The molecule has 14 heavy (non-hydrogen) atoms. The van der Waals surface area contributed by atoms with Crippen LogP contribution in [0.4, 0.5) is 0 Å². The highest BCUT2D eigenvalue weighted by molar-refractivity contribution is 4.97. The number of nitrogens with two attached hydrogens (primary N) is 1. The van der Waals surface area contributed by atoms with Gasteiger partial charge in [-0.1, -0.05) is 0 Å². The molecule has 0 aliphatic carbocycles. The first-order valence-corrected chi connectivity index (χ1v) is 5.28. The highest BCUT2D eigenvalue weighted by Gasteiger charge is 2.38. The van der Waals surface area contributed by atoms with E-state index >= 15 is 0 Å². The number of aliphatic hydroxyl groups is 2. The van der Waals surface area contributed by atoms with Crippen LogP contribution in [-0.4, -0.2) is 52.5 Å². The Morgan fingerprint density at radius 3 is 2.64 bits per heavy atom. The van der Waals surface area contributed by atoms with Crippen LogP contribution in [-0.2, 0) is 0 Å². The molecule has 84 valence electrons. The van der Waals surface area contributed by atoms with Crippen LogP contribution < -0.4 is 5.73 Å². The number of hydrogen-bond donors (Lipinski definition) is 3. The van der Waals surface area contributed by atoms with Gasteiger partial charge in [0.1, 0.15) is 0 Å². The second kappa shape index (κ2) is 4.57. The normalized spacial score (nSPS) is 30.6. The van der Waals surface area contributed by atoms with E-state index in [1.165, 1.54) is 0 Å². The van der Waals surface area contributed by atoms with Gasteiger partial charge in [-0.05, 0) is 33.2 Å². The Labute approximate surface area is 85.7 Å². The van der Waals surface area contributed by atoms with Crippen LogP contribution in [0.3, 0.4) is 0 Å². The third-order valence-electron chi connectivity index (χ3n) is 2.85. The highest BCUT2D eigenvalue weighted by Crippen LogP contribution is 2.24. The molecule has 2 atom stereocenters. The molecule has 0 saturated carbocycles. The zero-order valence-corrected chi connectivity index (χ0v) is 9.11. The topological polar surface area (TPSA) is 69.7 Å². The number of nitrogens with zero attached hydrogens (tertiary/aromatic N) is 1. The fraction of sp³-hybridized carbons (Fsp3) is 1.00. The second-order valence-electron chi connectivity index (χ2n) is 4.74. The molecular formula is C10H22N2O2. The summed E-state index contributed by atoms with van der Waals surface area (Å²) in [7, 11) is 0. The molecule has 1 aliphatic rings. The Bertz CT molecular complexity index is 177. The third kappa shape index (κ3) is 2.67. The Balaban J connectivity index is 2.71. The fourth-order valence-electron chi connectivity index (χ4n) is 2.39. The fourth-order valence-corrected chi connectivity index (χ4v) is 2.39. The summed E-state index contributed by atoms with van der Waals surface area (Å²) >= 11 is 0. The van der Waals surface area contributed by atoms with Crippen LogP contribution in [0.5, 0.6) is 0 Å².